The van der Waals surface area contributed by atoms with E-state index in [-0.39, 0.29) is 5.41 Å². The molecule has 2 aliphatic rings. The lowest BCUT2D eigenvalue weighted by molar-refractivity contribution is 0.360. The summed E-state index contributed by atoms with van der Waals surface area (Å²) < 4.78 is 19.7. The lowest BCUT2D eigenvalue weighted by Gasteiger charge is -2.26. The van der Waals surface area contributed by atoms with Gasteiger partial charge in [-0.3, -0.25) is 0 Å². The summed E-state index contributed by atoms with van der Waals surface area (Å²) in [6.07, 6.45) is 0. The van der Waals surface area contributed by atoms with Gasteiger partial charge in [-0.1, -0.05) is 92.7 Å². The Morgan fingerprint density at radius 2 is 1.16 bits per heavy atom. The molecular formula is C45H31NO3. The highest BCUT2D eigenvalue weighted by Gasteiger charge is 2.37. The summed E-state index contributed by atoms with van der Waals surface area (Å²) in [4.78, 5) is 2.27. The number of nitrogens with zero attached hydrogens (tertiary/aromatic N) is 1. The monoisotopic (exact) mass is 633 g/mol. The number of benzene rings is 7. The molecule has 0 radical (unpaired) electrons. The number of para-hydroxylation sites is 3. The van der Waals surface area contributed by atoms with Crippen molar-refractivity contribution in [3.05, 3.63) is 163 Å². The predicted molar refractivity (Wildman–Crippen MR) is 198 cm³/mol. The van der Waals surface area contributed by atoms with Gasteiger partial charge in [-0.2, -0.15) is 0 Å². The maximum absolute atomic E-state index is 6.72. The molecule has 2 heterocycles. The van der Waals surface area contributed by atoms with Crippen molar-refractivity contribution in [1.82, 2.24) is 0 Å². The number of furan rings is 1. The topological polar surface area (TPSA) is 34.8 Å². The van der Waals surface area contributed by atoms with E-state index in [9.17, 15) is 0 Å². The largest absolute Gasteiger partial charge is 0.456 e. The molecule has 49 heavy (non-hydrogen) atoms. The summed E-state index contributed by atoms with van der Waals surface area (Å²) in [5.74, 6) is 2.88. The van der Waals surface area contributed by atoms with E-state index in [0.717, 1.165) is 61.6 Å². The molecule has 0 unspecified atom stereocenters. The third-order valence-corrected chi connectivity index (χ3v) is 10.1. The van der Waals surface area contributed by atoms with Gasteiger partial charge >= 0.3 is 0 Å². The van der Waals surface area contributed by atoms with Crippen LogP contribution in [0, 0.1) is 0 Å². The van der Waals surface area contributed by atoms with Crippen molar-refractivity contribution < 1.29 is 13.9 Å². The van der Waals surface area contributed by atoms with Gasteiger partial charge in [0, 0.05) is 38.8 Å². The Balaban J connectivity index is 1.04. The molecule has 7 aromatic carbocycles. The van der Waals surface area contributed by atoms with Crippen LogP contribution in [0.2, 0.25) is 0 Å². The predicted octanol–water partition coefficient (Wildman–Crippen LogP) is 12.9. The zero-order valence-electron chi connectivity index (χ0n) is 27.1. The molecule has 4 nitrogen and oxygen atoms in total. The highest BCUT2D eigenvalue weighted by atomic mass is 16.6. The average Bonchev–Trinajstić information content (AvgIpc) is 3.61. The lowest BCUT2D eigenvalue weighted by Crippen LogP contribution is -2.15. The van der Waals surface area contributed by atoms with E-state index < -0.39 is 0 Å². The minimum absolute atomic E-state index is 0.129. The van der Waals surface area contributed by atoms with Crippen LogP contribution in [0.15, 0.2) is 156 Å². The molecule has 10 rings (SSSR count). The summed E-state index contributed by atoms with van der Waals surface area (Å²) in [5, 5.41) is 2.13. The van der Waals surface area contributed by atoms with Gasteiger partial charge in [0.2, 0.25) is 0 Å². The van der Waals surface area contributed by atoms with Crippen LogP contribution in [0.4, 0.5) is 17.1 Å². The summed E-state index contributed by atoms with van der Waals surface area (Å²) in [7, 11) is 0. The molecule has 0 saturated carbocycles. The molecule has 0 amide bonds. The van der Waals surface area contributed by atoms with Crippen LogP contribution in [0.1, 0.15) is 25.0 Å². The van der Waals surface area contributed by atoms with Gasteiger partial charge in [0.15, 0.2) is 23.0 Å². The van der Waals surface area contributed by atoms with Crippen molar-refractivity contribution in [3.8, 4) is 45.3 Å². The minimum Gasteiger partial charge on any atom is -0.456 e. The molecule has 1 aromatic heterocycles. The summed E-state index contributed by atoms with van der Waals surface area (Å²) in [6.45, 7) is 4.55. The van der Waals surface area contributed by atoms with Gasteiger partial charge in [0.05, 0.1) is 0 Å². The Bertz CT molecular complexity index is 2540. The molecule has 0 saturated heterocycles. The van der Waals surface area contributed by atoms with E-state index >= 15 is 0 Å². The minimum atomic E-state index is -0.129. The Kier molecular flexibility index (Phi) is 5.89. The molecule has 234 valence electrons. The third kappa shape index (κ3) is 4.24. The van der Waals surface area contributed by atoms with Crippen LogP contribution < -0.4 is 14.4 Å². The van der Waals surface area contributed by atoms with Gasteiger partial charge in [-0.15, -0.1) is 0 Å². The van der Waals surface area contributed by atoms with Crippen LogP contribution >= 0.6 is 0 Å². The summed E-state index contributed by atoms with van der Waals surface area (Å²) in [5.41, 5.74) is 11.8. The molecule has 0 fully saturated rings. The zero-order chi connectivity index (χ0) is 32.7. The molecule has 0 N–H and O–H groups in total. The number of hydrogen-bond donors (Lipinski definition) is 0. The molecule has 1 aliphatic heterocycles. The van der Waals surface area contributed by atoms with Gasteiger partial charge in [-0.05, 0) is 101 Å². The molecular weight excluding hydrogens is 602 g/mol. The van der Waals surface area contributed by atoms with E-state index in [1.54, 1.807) is 0 Å². The van der Waals surface area contributed by atoms with Crippen molar-refractivity contribution in [3.63, 3.8) is 0 Å². The number of ether oxygens (including phenoxy) is 2. The van der Waals surface area contributed by atoms with Crippen LogP contribution in [-0.2, 0) is 5.41 Å². The van der Waals surface area contributed by atoms with Crippen molar-refractivity contribution in [2.75, 3.05) is 4.90 Å². The van der Waals surface area contributed by atoms with E-state index in [1.807, 2.05) is 24.3 Å². The van der Waals surface area contributed by atoms with Crippen molar-refractivity contribution in [1.29, 1.82) is 0 Å². The molecule has 0 spiro atoms. The first-order valence-electron chi connectivity index (χ1n) is 16.7. The molecule has 8 aromatic rings. The molecule has 0 bridgehead atoms. The second-order valence-electron chi connectivity index (χ2n) is 13.4. The number of hydrogen-bond acceptors (Lipinski definition) is 4. The van der Waals surface area contributed by atoms with Gasteiger partial charge in [0.1, 0.15) is 11.2 Å². The summed E-state index contributed by atoms with van der Waals surface area (Å²) in [6, 6.07) is 52.7. The van der Waals surface area contributed by atoms with E-state index in [0.29, 0.717) is 11.5 Å². The van der Waals surface area contributed by atoms with E-state index in [2.05, 4.69) is 146 Å². The van der Waals surface area contributed by atoms with Crippen molar-refractivity contribution >= 4 is 39.0 Å². The summed E-state index contributed by atoms with van der Waals surface area (Å²) >= 11 is 0. The van der Waals surface area contributed by atoms with Crippen LogP contribution in [0.25, 0.3) is 44.2 Å². The Morgan fingerprint density at radius 3 is 1.96 bits per heavy atom. The second-order valence-corrected chi connectivity index (χ2v) is 13.4. The smallest absolute Gasteiger partial charge is 0.177 e. The van der Waals surface area contributed by atoms with Crippen molar-refractivity contribution in [2.24, 2.45) is 0 Å². The maximum Gasteiger partial charge on any atom is 0.177 e. The first-order chi connectivity index (χ1) is 24.0. The first kappa shape index (κ1) is 27.8. The van der Waals surface area contributed by atoms with E-state index in [4.69, 9.17) is 13.9 Å². The standard InChI is InChI=1S/C45H31NO3/c1-45(2)37-18-10-9-16-33(37)35-26-42-43(27-38(35)45)49-44-32(17-11-19-40(44)48-42)28-20-22-34-36-25-31(21-23-39(36)47-41(34)24-28)46(29-12-5-3-6-13-29)30-14-7-4-8-15-30/h3-27H,1-2H3. The normalized spacial score (nSPS) is 13.6. The van der Waals surface area contributed by atoms with Gasteiger partial charge in [0.25, 0.3) is 0 Å². The van der Waals surface area contributed by atoms with E-state index in [1.165, 1.54) is 22.3 Å². The van der Waals surface area contributed by atoms with Crippen LogP contribution in [0.5, 0.6) is 23.0 Å². The highest BCUT2D eigenvalue weighted by Crippen LogP contribution is 2.56. The second kappa shape index (κ2) is 10.4. The fraction of sp³-hybridized carbons (Fsp3) is 0.0667. The number of rotatable bonds is 4. The first-order valence-corrected chi connectivity index (χ1v) is 16.7. The lowest BCUT2D eigenvalue weighted by atomic mass is 9.82. The van der Waals surface area contributed by atoms with Crippen LogP contribution in [-0.4, -0.2) is 0 Å². The molecule has 1 aliphatic carbocycles. The SMILES string of the molecule is CC1(C)c2ccccc2-c2cc3c(cc21)Oc1c(cccc1-c1ccc2c(c1)oc1ccc(N(c4ccccc4)c4ccccc4)cc12)O3. The molecule has 4 heteroatoms. The fourth-order valence-electron chi connectivity index (χ4n) is 7.70. The maximum atomic E-state index is 6.72. The Morgan fingerprint density at radius 1 is 0.449 bits per heavy atom. The van der Waals surface area contributed by atoms with Gasteiger partial charge in [-0.25, -0.2) is 0 Å². The molecule has 0 atom stereocenters. The zero-order valence-corrected chi connectivity index (χ0v) is 27.1. The number of anilines is 3. The fourth-order valence-corrected chi connectivity index (χ4v) is 7.70. The van der Waals surface area contributed by atoms with Crippen molar-refractivity contribution in [2.45, 2.75) is 19.3 Å². The quantitative estimate of drug-likeness (QED) is 0.193. The highest BCUT2D eigenvalue weighted by molar-refractivity contribution is 6.07. The average molecular weight is 634 g/mol. The van der Waals surface area contributed by atoms with Crippen LogP contribution in [0.3, 0.4) is 0 Å². The third-order valence-electron chi connectivity index (χ3n) is 10.1. The number of fused-ring (bicyclic) bond motifs is 8. The Labute approximate surface area is 284 Å². The van der Waals surface area contributed by atoms with Gasteiger partial charge < -0.3 is 18.8 Å². The Hall–Kier alpha value is -6.26.